The van der Waals surface area contributed by atoms with Gasteiger partial charge in [0.1, 0.15) is 5.75 Å². The van der Waals surface area contributed by atoms with Crippen LogP contribution in [0.5, 0.6) is 5.75 Å². The molecule has 0 aromatic heterocycles. The number of benzene rings is 1. The quantitative estimate of drug-likeness (QED) is 0.795. The molecule has 0 spiro atoms. The lowest BCUT2D eigenvalue weighted by Gasteiger charge is -2.15. The van der Waals surface area contributed by atoms with Crippen LogP contribution in [-0.2, 0) is 4.74 Å². The van der Waals surface area contributed by atoms with Gasteiger partial charge in [0.25, 0.3) is 5.91 Å². The molecule has 1 N–H and O–H groups in total. The van der Waals surface area contributed by atoms with Crippen molar-refractivity contribution in [2.75, 3.05) is 46.5 Å². The number of carbonyl (C=O) groups excluding carboxylic acids is 1. The molecule has 0 bridgehead atoms. The molecular formula is C17H26N2O3. The number of hydrogen-bond donors (Lipinski definition) is 1. The van der Waals surface area contributed by atoms with Gasteiger partial charge < -0.3 is 19.7 Å². The Morgan fingerprint density at radius 1 is 1.45 bits per heavy atom. The molecule has 1 unspecified atom stereocenters. The number of ether oxygens (including phenoxy) is 2. The van der Waals surface area contributed by atoms with E-state index in [1.165, 1.54) is 0 Å². The summed E-state index contributed by atoms with van der Waals surface area (Å²) in [5.41, 5.74) is 0.653. The van der Waals surface area contributed by atoms with Gasteiger partial charge in [0.2, 0.25) is 0 Å². The molecule has 5 heteroatoms. The fraction of sp³-hybridized carbons (Fsp3) is 0.588. The lowest BCUT2D eigenvalue weighted by Crippen LogP contribution is -2.31. The predicted octanol–water partition coefficient (Wildman–Crippen LogP) is 1.78. The summed E-state index contributed by atoms with van der Waals surface area (Å²) in [6, 6.07) is 7.32. The second-order valence-corrected chi connectivity index (χ2v) is 5.62. The Bertz CT molecular complexity index is 479. The molecular weight excluding hydrogens is 280 g/mol. The third-order valence-corrected chi connectivity index (χ3v) is 3.94. The number of methoxy groups -OCH3 is 1. The largest absolute Gasteiger partial charge is 0.494 e. The van der Waals surface area contributed by atoms with Crippen LogP contribution in [0, 0.1) is 5.92 Å². The Morgan fingerprint density at radius 3 is 3.09 bits per heavy atom. The molecule has 1 fully saturated rings. The maximum atomic E-state index is 12.2. The van der Waals surface area contributed by atoms with Crippen LogP contribution in [0.3, 0.4) is 0 Å². The number of nitrogens with one attached hydrogen (secondary N) is 1. The number of carbonyl (C=O) groups is 1. The third kappa shape index (κ3) is 5.00. The Balaban J connectivity index is 1.77. The van der Waals surface area contributed by atoms with Gasteiger partial charge in [-0.25, -0.2) is 0 Å². The van der Waals surface area contributed by atoms with Crippen molar-refractivity contribution in [1.82, 2.24) is 10.2 Å². The van der Waals surface area contributed by atoms with Gasteiger partial charge in [-0.3, -0.25) is 4.79 Å². The smallest absolute Gasteiger partial charge is 0.251 e. The maximum absolute atomic E-state index is 12.2. The molecule has 2 rings (SSSR count). The van der Waals surface area contributed by atoms with E-state index in [2.05, 4.69) is 10.2 Å². The Hall–Kier alpha value is -1.59. The first kappa shape index (κ1) is 16.8. The summed E-state index contributed by atoms with van der Waals surface area (Å²) < 4.78 is 10.5. The normalized spacial score (nSPS) is 18.4. The highest BCUT2D eigenvalue weighted by Gasteiger charge is 2.22. The van der Waals surface area contributed by atoms with Crippen molar-refractivity contribution in [2.45, 2.75) is 13.3 Å². The highest BCUT2D eigenvalue weighted by molar-refractivity contribution is 5.94. The Labute approximate surface area is 132 Å². The summed E-state index contributed by atoms with van der Waals surface area (Å²) in [6.07, 6.45) is 1.13. The molecule has 5 nitrogen and oxygen atoms in total. The standard InChI is InChI=1S/C17H26N2O3/c1-3-22-16-6-4-5-15(11-16)17(20)18-12-14-7-8-19(13-14)9-10-21-2/h4-6,11,14H,3,7-10,12-13H2,1-2H3,(H,18,20). The summed E-state index contributed by atoms with van der Waals surface area (Å²) in [4.78, 5) is 14.6. The molecule has 1 atom stereocenters. The number of likely N-dealkylation sites (tertiary alicyclic amines) is 1. The summed E-state index contributed by atoms with van der Waals surface area (Å²) in [5, 5.41) is 3.03. The average molecular weight is 306 g/mol. The first-order valence-electron chi connectivity index (χ1n) is 7.95. The first-order chi connectivity index (χ1) is 10.7. The zero-order valence-corrected chi connectivity index (χ0v) is 13.5. The molecule has 0 radical (unpaired) electrons. The summed E-state index contributed by atoms with van der Waals surface area (Å²) in [6.45, 7) is 7.11. The van der Waals surface area contributed by atoms with Crippen LogP contribution in [0.4, 0.5) is 0 Å². The van der Waals surface area contributed by atoms with Crippen molar-refractivity contribution < 1.29 is 14.3 Å². The van der Waals surface area contributed by atoms with Crippen molar-refractivity contribution in [3.8, 4) is 5.75 Å². The first-order valence-corrected chi connectivity index (χ1v) is 7.95. The van der Waals surface area contributed by atoms with E-state index in [0.29, 0.717) is 18.1 Å². The van der Waals surface area contributed by atoms with E-state index >= 15 is 0 Å². The molecule has 0 saturated carbocycles. The van der Waals surface area contributed by atoms with Crippen LogP contribution in [0.2, 0.25) is 0 Å². The fourth-order valence-corrected chi connectivity index (χ4v) is 2.74. The Kier molecular flexibility index (Phi) is 6.68. The van der Waals surface area contributed by atoms with E-state index in [1.807, 2.05) is 25.1 Å². The van der Waals surface area contributed by atoms with Gasteiger partial charge in [0.15, 0.2) is 0 Å². The molecule has 122 valence electrons. The monoisotopic (exact) mass is 306 g/mol. The van der Waals surface area contributed by atoms with Gasteiger partial charge >= 0.3 is 0 Å². The van der Waals surface area contributed by atoms with Crippen molar-refractivity contribution in [1.29, 1.82) is 0 Å². The van der Waals surface area contributed by atoms with E-state index < -0.39 is 0 Å². The summed E-state index contributed by atoms with van der Waals surface area (Å²) >= 11 is 0. The molecule has 1 aromatic carbocycles. The lowest BCUT2D eigenvalue weighted by molar-refractivity contribution is 0.0946. The highest BCUT2D eigenvalue weighted by atomic mass is 16.5. The van der Waals surface area contributed by atoms with E-state index in [-0.39, 0.29) is 5.91 Å². The second kappa shape index (κ2) is 8.76. The van der Waals surface area contributed by atoms with Crippen LogP contribution in [0.15, 0.2) is 24.3 Å². The second-order valence-electron chi connectivity index (χ2n) is 5.62. The molecule has 1 saturated heterocycles. The van der Waals surface area contributed by atoms with Crippen LogP contribution in [0.1, 0.15) is 23.7 Å². The number of nitrogens with zero attached hydrogens (tertiary/aromatic N) is 1. The van der Waals surface area contributed by atoms with Crippen molar-refractivity contribution in [2.24, 2.45) is 5.92 Å². The minimum atomic E-state index is -0.0307. The molecule has 22 heavy (non-hydrogen) atoms. The van der Waals surface area contributed by atoms with Gasteiger partial charge in [0.05, 0.1) is 13.2 Å². The number of amides is 1. The molecule has 1 aromatic rings. The number of rotatable bonds is 8. The molecule has 0 aliphatic carbocycles. The van der Waals surface area contributed by atoms with Gasteiger partial charge in [0, 0.05) is 32.3 Å². The minimum absolute atomic E-state index is 0.0307. The lowest BCUT2D eigenvalue weighted by atomic mass is 10.1. The third-order valence-electron chi connectivity index (χ3n) is 3.94. The van der Waals surface area contributed by atoms with Crippen molar-refractivity contribution in [3.05, 3.63) is 29.8 Å². The van der Waals surface area contributed by atoms with Crippen LogP contribution in [0.25, 0.3) is 0 Å². The van der Waals surface area contributed by atoms with Crippen LogP contribution in [-0.4, -0.2) is 57.3 Å². The van der Waals surface area contributed by atoms with Crippen LogP contribution < -0.4 is 10.1 Å². The van der Waals surface area contributed by atoms with Gasteiger partial charge in [-0.1, -0.05) is 6.07 Å². The summed E-state index contributed by atoms with van der Waals surface area (Å²) in [7, 11) is 1.73. The molecule has 1 aliphatic heterocycles. The van der Waals surface area contributed by atoms with E-state index in [9.17, 15) is 4.79 Å². The summed E-state index contributed by atoms with van der Waals surface area (Å²) in [5.74, 6) is 1.23. The van der Waals surface area contributed by atoms with Gasteiger partial charge in [-0.15, -0.1) is 0 Å². The Morgan fingerprint density at radius 2 is 2.32 bits per heavy atom. The zero-order chi connectivity index (χ0) is 15.8. The fourth-order valence-electron chi connectivity index (χ4n) is 2.74. The van der Waals surface area contributed by atoms with Crippen molar-refractivity contribution in [3.63, 3.8) is 0 Å². The van der Waals surface area contributed by atoms with Crippen molar-refractivity contribution >= 4 is 5.91 Å². The van der Waals surface area contributed by atoms with E-state index in [1.54, 1.807) is 13.2 Å². The van der Waals surface area contributed by atoms with Gasteiger partial charge in [-0.2, -0.15) is 0 Å². The molecule has 1 heterocycles. The highest BCUT2D eigenvalue weighted by Crippen LogP contribution is 2.16. The minimum Gasteiger partial charge on any atom is -0.494 e. The predicted molar refractivity (Wildman–Crippen MR) is 86.4 cm³/mol. The number of hydrogen-bond acceptors (Lipinski definition) is 4. The maximum Gasteiger partial charge on any atom is 0.251 e. The molecule has 1 aliphatic rings. The van der Waals surface area contributed by atoms with Crippen LogP contribution >= 0.6 is 0 Å². The zero-order valence-electron chi connectivity index (χ0n) is 13.5. The van der Waals surface area contributed by atoms with E-state index in [4.69, 9.17) is 9.47 Å². The topological polar surface area (TPSA) is 50.8 Å². The average Bonchev–Trinajstić information content (AvgIpc) is 2.99. The SMILES string of the molecule is CCOc1cccc(C(=O)NCC2CCN(CCOC)C2)c1. The van der Waals surface area contributed by atoms with Gasteiger partial charge in [-0.05, 0) is 44.0 Å². The van der Waals surface area contributed by atoms with E-state index in [0.717, 1.165) is 45.0 Å². The molecule has 1 amide bonds.